The first-order chi connectivity index (χ1) is 11.7. The number of hydrogen-bond acceptors (Lipinski definition) is 4. The van der Waals surface area contributed by atoms with Gasteiger partial charge < -0.3 is 14.5 Å². The monoisotopic (exact) mass is 345 g/mol. The van der Waals surface area contributed by atoms with Gasteiger partial charge in [0.05, 0.1) is 6.61 Å². The first kappa shape index (κ1) is 19.0. The van der Waals surface area contributed by atoms with Crippen LogP contribution in [-0.2, 0) is 20.7 Å². The number of carbonyl (C=O) groups excluding carboxylic acids is 2. The molecule has 1 N–H and O–H groups in total. The summed E-state index contributed by atoms with van der Waals surface area (Å²) in [7, 11) is 0. The third-order valence-electron chi connectivity index (χ3n) is 3.77. The van der Waals surface area contributed by atoms with Gasteiger partial charge in [-0.3, -0.25) is 4.79 Å². The fourth-order valence-corrected chi connectivity index (χ4v) is 2.80. The van der Waals surface area contributed by atoms with E-state index >= 15 is 0 Å². The maximum absolute atomic E-state index is 12.3. The average molecular weight is 345 g/mol. The molecule has 2 aromatic rings. The van der Waals surface area contributed by atoms with Crippen LogP contribution in [0.15, 0.2) is 18.2 Å². The molecule has 0 saturated heterocycles. The standard InChI is InChI=1S/C20H27NO4/c1-6-24-19(23)18-14(8-7-9-17(22)25-20(3,4)5)15-12-13(2)10-11-16(15)21-18/h10-12,21H,6-9H2,1-5H3. The summed E-state index contributed by atoms with van der Waals surface area (Å²) in [5.74, 6) is -0.579. The van der Waals surface area contributed by atoms with Crippen LogP contribution in [0.5, 0.6) is 0 Å². The van der Waals surface area contributed by atoms with Gasteiger partial charge in [0.2, 0.25) is 0 Å². The fourth-order valence-electron chi connectivity index (χ4n) is 2.80. The van der Waals surface area contributed by atoms with Crippen LogP contribution in [0, 0.1) is 6.92 Å². The lowest BCUT2D eigenvalue weighted by Gasteiger charge is -2.19. The number of carbonyl (C=O) groups is 2. The van der Waals surface area contributed by atoms with Crippen molar-refractivity contribution in [3.63, 3.8) is 0 Å². The number of aromatic nitrogens is 1. The Morgan fingerprint density at radius 3 is 2.56 bits per heavy atom. The molecule has 2 rings (SSSR count). The lowest BCUT2D eigenvalue weighted by Crippen LogP contribution is -2.23. The second-order valence-electron chi connectivity index (χ2n) is 7.19. The van der Waals surface area contributed by atoms with Gasteiger partial charge in [-0.15, -0.1) is 0 Å². The molecule has 0 aliphatic carbocycles. The number of hydrogen-bond donors (Lipinski definition) is 1. The third kappa shape index (κ3) is 5.08. The van der Waals surface area contributed by atoms with Crippen LogP contribution >= 0.6 is 0 Å². The number of fused-ring (bicyclic) bond motifs is 1. The van der Waals surface area contributed by atoms with E-state index in [9.17, 15) is 9.59 Å². The molecule has 0 aliphatic heterocycles. The Morgan fingerprint density at radius 1 is 1.20 bits per heavy atom. The van der Waals surface area contributed by atoms with Crippen molar-refractivity contribution < 1.29 is 19.1 Å². The maximum Gasteiger partial charge on any atom is 0.355 e. The predicted octanol–water partition coefficient (Wildman–Crippen LogP) is 4.32. The fraction of sp³-hybridized carbons (Fsp3) is 0.500. The summed E-state index contributed by atoms with van der Waals surface area (Å²) in [6, 6.07) is 6.01. The molecule has 0 bridgehead atoms. The molecule has 5 nitrogen and oxygen atoms in total. The van der Waals surface area contributed by atoms with E-state index in [4.69, 9.17) is 9.47 Å². The van der Waals surface area contributed by atoms with Gasteiger partial charge in [0, 0.05) is 17.3 Å². The lowest BCUT2D eigenvalue weighted by molar-refractivity contribution is -0.154. The zero-order valence-corrected chi connectivity index (χ0v) is 15.7. The number of rotatable bonds is 6. The summed E-state index contributed by atoms with van der Waals surface area (Å²) >= 11 is 0. The van der Waals surface area contributed by atoms with E-state index in [2.05, 4.69) is 11.1 Å². The second-order valence-corrected chi connectivity index (χ2v) is 7.19. The number of nitrogens with one attached hydrogen (secondary N) is 1. The average Bonchev–Trinajstić information content (AvgIpc) is 2.84. The lowest BCUT2D eigenvalue weighted by atomic mass is 10.0. The summed E-state index contributed by atoms with van der Waals surface area (Å²) in [6.07, 6.45) is 1.54. The molecule has 0 atom stereocenters. The summed E-state index contributed by atoms with van der Waals surface area (Å²) in [4.78, 5) is 27.3. The smallest absolute Gasteiger partial charge is 0.355 e. The predicted molar refractivity (Wildman–Crippen MR) is 97.8 cm³/mol. The number of benzene rings is 1. The highest BCUT2D eigenvalue weighted by molar-refractivity contribution is 5.98. The largest absolute Gasteiger partial charge is 0.461 e. The van der Waals surface area contributed by atoms with Gasteiger partial charge >= 0.3 is 11.9 Å². The van der Waals surface area contributed by atoms with Crippen LogP contribution in [-0.4, -0.2) is 29.1 Å². The molecule has 0 amide bonds. The molecule has 1 aromatic heterocycles. The van der Waals surface area contributed by atoms with Crippen LogP contribution in [0.1, 0.15) is 62.2 Å². The molecule has 1 aromatic carbocycles. The van der Waals surface area contributed by atoms with Crippen LogP contribution in [0.3, 0.4) is 0 Å². The molecule has 25 heavy (non-hydrogen) atoms. The first-order valence-electron chi connectivity index (χ1n) is 8.71. The van der Waals surface area contributed by atoms with Gasteiger partial charge in [-0.05, 0) is 65.2 Å². The molecule has 0 radical (unpaired) electrons. The second kappa shape index (κ2) is 7.72. The van der Waals surface area contributed by atoms with Crippen molar-refractivity contribution >= 4 is 22.8 Å². The van der Waals surface area contributed by atoms with Crippen molar-refractivity contribution in [3.05, 3.63) is 35.0 Å². The summed E-state index contributed by atoms with van der Waals surface area (Å²) in [5.41, 5.74) is 2.93. The normalized spacial score (nSPS) is 11.6. The SMILES string of the molecule is CCOC(=O)c1[nH]c2ccc(C)cc2c1CCCC(=O)OC(C)(C)C. The van der Waals surface area contributed by atoms with E-state index < -0.39 is 5.60 Å². The number of H-pyrrole nitrogens is 1. The van der Waals surface area contributed by atoms with Crippen molar-refractivity contribution in [2.24, 2.45) is 0 Å². The Balaban J connectivity index is 2.20. The molecule has 5 heteroatoms. The molecule has 136 valence electrons. The summed E-state index contributed by atoms with van der Waals surface area (Å²) in [6.45, 7) is 9.68. The number of aromatic amines is 1. The highest BCUT2D eigenvalue weighted by Gasteiger charge is 2.20. The van der Waals surface area contributed by atoms with Crippen LogP contribution in [0.2, 0.25) is 0 Å². The number of esters is 2. The molecule has 1 heterocycles. The highest BCUT2D eigenvalue weighted by Crippen LogP contribution is 2.26. The third-order valence-corrected chi connectivity index (χ3v) is 3.77. The molecular formula is C20H27NO4. The number of aryl methyl sites for hydroxylation is 2. The van der Waals surface area contributed by atoms with Crippen molar-refractivity contribution in [1.82, 2.24) is 4.98 Å². The van der Waals surface area contributed by atoms with Gasteiger partial charge in [0.1, 0.15) is 11.3 Å². The number of ether oxygens (including phenoxy) is 2. The molecule has 0 saturated carbocycles. The minimum Gasteiger partial charge on any atom is -0.461 e. The maximum atomic E-state index is 12.3. The summed E-state index contributed by atoms with van der Waals surface area (Å²) < 4.78 is 10.5. The van der Waals surface area contributed by atoms with E-state index in [-0.39, 0.29) is 11.9 Å². The minimum absolute atomic E-state index is 0.221. The first-order valence-corrected chi connectivity index (χ1v) is 8.71. The highest BCUT2D eigenvalue weighted by atomic mass is 16.6. The zero-order chi connectivity index (χ0) is 18.6. The summed E-state index contributed by atoms with van der Waals surface area (Å²) in [5, 5.41) is 1.01. The Morgan fingerprint density at radius 2 is 1.92 bits per heavy atom. The van der Waals surface area contributed by atoms with Crippen LogP contribution < -0.4 is 0 Å². The van der Waals surface area contributed by atoms with Crippen molar-refractivity contribution in [3.8, 4) is 0 Å². The van der Waals surface area contributed by atoms with Crippen LogP contribution in [0.4, 0.5) is 0 Å². The van der Waals surface area contributed by atoms with Gasteiger partial charge in [0.25, 0.3) is 0 Å². The van der Waals surface area contributed by atoms with E-state index in [1.54, 1.807) is 6.92 Å². The van der Waals surface area contributed by atoms with Gasteiger partial charge in [-0.25, -0.2) is 4.79 Å². The van der Waals surface area contributed by atoms with E-state index in [1.165, 1.54) is 0 Å². The van der Waals surface area contributed by atoms with Crippen molar-refractivity contribution in [1.29, 1.82) is 0 Å². The Hall–Kier alpha value is -2.30. The molecule has 0 unspecified atom stereocenters. The molecular weight excluding hydrogens is 318 g/mol. The zero-order valence-electron chi connectivity index (χ0n) is 15.7. The quantitative estimate of drug-likeness (QED) is 0.792. The van der Waals surface area contributed by atoms with Crippen molar-refractivity contribution in [2.45, 2.75) is 59.5 Å². The van der Waals surface area contributed by atoms with E-state index in [0.29, 0.717) is 31.6 Å². The van der Waals surface area contributed by atoms with Crippen LogP contribution in [0.25, 0.3) is 10.9 Å². The Labute approximate surface area is 148 Å². The van der Waals surface area contributed by atoms with E-state index in [1.807, 2.05) is 39.8 Å². The molecule has 0 spiro atoms. The topological polar surface area (TPSA) is 68.4 Å². The van der Waals surface area contributed by atoms with Crippen molar-refractivity contribution in [2.75, 3.05) is 6.61 Å². The van der Waals surface area contributed by atoms with Gasteiger partial charge in [0.15, 0.2) is 0 Å². The van der Waals surface area contributed by atoms with Gasteiger partial charge in [-0.1, -0.05) is 11.6 Å². The molecule has 0 fully saturated rings. The molecule has 0 aliphatic rings. The Kier molecular flexibility index (Phi) is 5.88. The Bertz CT molecular complexity index is 768. The van der Waals surface area contributed by atoms with Gasteiger partial charge in [-0.2, -0.15) is 0 Å². The van der Waals surface area contributed by atoms with E-state index in [0.717, 1.165) is 22.0 Å². The minimum atomic E-state index is -0.481.